The Bertz CT molecular complexity index is 505. The summed E-state index contributed by atoms with van der Waals surface area (Å²) < 4.78 is 15.2. The Morgan fingerprint density at radius 2 is 2.18 bits per heavy atom. The van der Waals surface area contributed by atoms with Crippen LogP contribution in [0.5, 0.6) is 0 Å². The van der Waals surface area contributed by atoms with E-state index >= 15 is 0 Å². The summed E-state index contributed by atoms with van der Waals surface area (Å²) in [5, 5.41) is 4.25. The van der Waals surface area contributed by atoms with Crippen molar-refractivity contribution in [2.45, 2.75) is 26.4 Å². The standard InChI is InChI=1S/C13H16FN3/c1-2-5-17-9-12(8-16-17)10-3-4-13(14)11(6-10)7-15/h3-4,6,8-9H,2,5,7,15H2,1H3. The maximum Gasteiger partial charge on any atom is 0.127 e. The van der Waals surface area contributed by atoms with E-state index < -0.39 is 0 Å². The molecular weight excluding hydrogens is 217 g/mol. The van der Waals surface area contributed by atoms with Crippen LogP contribution in [0.4, 0.5) is 4.39 Å². The van der Waals surface area contributed by atoms with Gasteiger partial charge in [-0.25, -0.2) is 4.39 Å². The maximum absolute atomic E-state index is 13.3. The zero-order valence-electron chi connectivity index (χ0n) is 9.86. The molecule has 0 aliphatic rings. The Morgan fingerprint density at radius 3 is 2.88 bits per heavy atom. The van der Waals surface area contributed by atoms with E-state index in [2.05, 4.69) is 12.0 Å². The second kappa shape index (κ2) is 5.10. The number of rotatable bonds is 4. The van der Waals surface area contributed by atoms with Gasteiger partial charge in [-0.15, -0.1) is 0 Å². The number of nitrogens with zero attached hydrogens (tertiary/aromatic N) is 2. The molecule has 0 saturated heterocycles. The summed E-state index contributed by atoms with van der Waals surface area (Å²) in [5.41, 5.74) is 7.97. The molecule has 0 radical (unpaired) electrons. The number of nitrogens with two attached hydrogens (primary N) is 1. The third-order valence-electron chi connectivity index (χ3n) is 2.68. The Kier molecular flexibility index (Phi) is 3.54. The van der Waals surface area contributed by atoms with E-state index in [4.69, 9.17) is 5.73 Å². The number of hydrogen-bond acceptors (Lipinski definition) is 2. The van der Waals surface area contributed by atoms with Crippen molar-refractivity contribution in [2.75, 3.05) is 0 Å². The number of aryl methyl sites for hydroxylation is 1. The van der Waals surface area contributed by atoms with E-state index in [0.29, 0.717) is 5.56 Å². The van der Waals surface area contributed by atoms with Crippen molar-refractivity contribution in [2.24, 2.45) is 5.73 Å². The van der Waals surface area contributed by atoms with Crippen LogP contribution < -0.4 is 5.73 Å². The van der Waals surface area contributed by atoms with Gasteiger partial charge in [-0.1, -0.05) is 13.0 Å². The predicted molar refractivity (Wildman–Crippen MR) is 65.8 cm³/mol. The summed E-state index contributed by atoms with van der Waals surface area (Å²) in [6.45, 7) is 3.21. The lowest BCUT2D eigenvalue weighted by atomic mass is 10.1. The van der Waals surface area contributed by atoms with Crippen LogP contribution in [0.2, 0.25) is 0 Å². The van der Waals surface area contributed by atoms with Crippen LogP contribution >= 0.6 is 0 Å². The van der Waals surface area contributed by atoms with E-state index in [9.17, 15) is 4.39 Å². The van der Waals surface area contributed by atoms with Crippen molar-refractivity contribution in [1.29, 1.82) is 0 Å². The van der Waals surface area contributed by atoms with Crippen LogP contribution in [0.15, 0.2) is 30.6 Å². The fourth-order valence-corrected chi connectivity index (χ4v) is 1.77. The van der Waals surface area contributed by atoms with E-state index in [-0.39, 0.29) is 12.4 Å². The van der Waals surface area contributed by atoms with E-state index in [1.807, 2.05) is 10.9 Å². The van der Waals surface area contributed by atoms with Gasteiger partial charge in [0, 0.05) is 30.4 Å². The topological polar surface area (TPSA) is 43.8 Å². The highest BCUT2D eigenvalue weighted by Crippen LogP contribution is 2.21. The van der Waals surface area contributed by atoms with E-state index in [1.165, 1.54) is 6.07 Å². The second-order valence-electron chi connectivity index (χ2n) is 4.00. The number of hydrogen-bond donors (Lipinski definition) is 1. The average Bonchev–Trinajstić information content (AvgIpc) is 2.79. The largest absolute Gasteiger partial charge is 0.326 e. The fourth-order valence-electron chi connectivity index (χ4n) is 1.77. The summed E-state index contributed by atoms with van der Waals surface area (Å²) >= 11 is 0. The first-order valence-electron chi connectivity index (χ1n) is 5.76. The molecular formula is C13H16FN3. The lowest BCUT2D eigenvalue weighted by Crippen LogP contribution is -1.99. The molecule has 0 spiro atoms. The summed E-state index contributed by atoms with van der Waals surface area (Å²) in [7, 11) is 0. The highest BCUT2D eigenvalue weighted by atomic mass is 19.1. The Hall–Kier alpha value is -1.68. The quantitative estimate of drug-likeness (QED) is 0.882. The molecule has 0 aliphatic heterocycles. The lowest BCUT2D eigenvalue weighted by Gasteiger charge is -2.03. The molecule has 1 aromatic heterocycles. The fraction of sp³-hybridized carbons (Fsp3) is 0.308. The normalized spacial score (nSPS) is 10.8. The Labute approximate surface area is 100 Å². The predicted octanol–water partition coefficient (Wildman–Crippen LogP) is 2.56. The number of benzene rings is 1. The van der Waals surface area contributed by atoms with Gasteiger partial charge < -0.3 is 5.73 Å². The molecule has 0 amide bonds. The van der Waals surface area contributed by atoms with Crippen molar-refractivity contribution in [3.05, 3.63) is 42.0 Å². The molecule has 2 N–H and O–H groups in total. The highest BCUT2D eigenvalue weighted by molar-refractivity contribution is 5.62. The summed E-state index contributed by atoms with van der Waals surface area (Å²) in [4.78, 5) is 0. The zero-order valence-corrected chi connectivity index (χ0v) is 9.86. The van der Waals surface area contributed by atoms with Crippen LogP contribution in [0.1, 0.15) is 18.9 Å². The minimum Gasteiger partial charge on any atom is -0.326 e. The minimum absolute atomic E-state index is 0.211. The van der Waals surface area contributed by atoms with Gasteiger partial charge in [0.1, 0.15) is 5.82 Å². The molecule has 0 aliphatic carbocycles. The van der Waals surface area contributed by atoms with Crippen LogP contribution in [0, 0.1) is 5.82 Å². The van der Waals surface area contributed by atoms with Crippen molar-refractivity contribution < 1.29 is 4.39 Å². The smallest absolute Gasteiger partial charge is 0.127 e. The molecule has 2 rings (SSSR count). The maximum atomic E-state index is 13.3. The molecule has 2 aromatic rings. The van der Waals surface area contributed by atoms with Gasteiger partial charge in [0.25, 0.3) is 0 Å². The van der Waals surface area contributed by atoms with Crippen LogP contribution in [0.25, 0.3) is 11.1 Å². The van der Waals surface area contributed by atoms with Gasteiger partial charge >= 0.3 is 0 Å². The van der Waals surface area contributed by atoms with E-state index in [1.54, 1.807) is 18.3 Å². The first-order valence-corrected chi connectivity index (χ1v) is 5.76. The number of aromatic nitrogens is 2. The molecule has 1 heterocycles. The monoisotopic (exact) mass is 233 g/mol. The van der Waals surface area contributed by atoms with Gasteiger partial charge in [0.15, 0.2) is 0 Å². The minimum atomic E-state index is -0.253. The molecule has 0 unspecified atom stereocenters. The zero-order chi connectivity index (χ0) is 12.3. The van der Waals surface area contributed by atoms with Gasteiger partial charge in [-0.05, 0) is 24.1 Å². The molecule has 0 fully saturated rings. The third kappa shape index (κ3) is 2.53. The molecule has 0 atom stereocenters. The molecule has 0 saturated carbocycles. The number of halogens is 1. The molecule has 4 heteroatoms. The first kappa shape index (κ1) is 11.8. The van der Waals surface area contributed by atoms with Gasteiger partial charge in [0.05, 0.1) is 6.20 Å². The van der Waals surface area contributed by atoms with Crippen LogP contribution in [0.3, 0.4) is 0 Å². The Balaban J connectivity index is 2.32. The molecule has 17 heavy (non-hydrogen) atoms. The second-order valence-corrected chi connectivity index (χ2v) is 4.00. The molecule has 1 aromatic carbocycles. The Morgan fingerprint density at radius 1 is 1.35 bits per heavy atom. The highest BCUT2D eigenvalue weighted by Gasteiger charge is 2.05. The molecule has 90 valence electrons. The molecule has 3 nitrogen and oxygen atoms in total. The van der Waals surface area contributed by atoms with Gasteiger partial charge in [-0.2, -0.15) is 5.10 Å². The van der Waals surface area contributed by atoms with Crippen molar-refractivity contribution in [3.63, 3.8) is 0 Å². The summed E-state index contributed by atoms with van der Waals surface area (Å²) in [6.07, 6.45) is 4.80. The van der Waals surface area contributed by atoms with E-state index in [0.717, 1.165) is 24.1 Å². The van der Waals surface area contributed by atoms with Crippen molar-refractivity contribution in [1.82, 2.24) is 9.78 Å². The van der Waals surface area contributed by atoms with Crippen LogP contribution in [-0.2, 0) is 13.1 Å². The molecule has 0 bridgehead atoms. The lowest BCUT2D eigenvalue weighted by molar-refractivity contribution is 0.603. The SMILES string of the molecule is CCCn1cc(-c2ccc(F)c(CN)c2)cn1. The van der Waals surface area contributed by atoms with Gasteiger partial charge in [0.2, 0.25) is 0 Å². The summed E-state index contributed by atoms with van der Waals surface area (Å²) in [5.74, 6) is -0.253. The van der Waals surface area contributed by atoms with Crippen LogP contribution in [-0.4, -0.2) is 9.78 Å². The van der Waals surface area contributed by atoms with Gasteiger partial charge in [-0.3, -0.25) is 4.68 Å². The average molecular weight is 233 g/mol. The van der Waals surface area contributed by atoms with Crippen molar-refractivity contribution >= 4 is 0 Å². The third-order valence-corrected chi connectivity index (χ3v) is 2.68. The summed E-state index contributed by atoms with van der Waals surface area (Å²) in [6, 6.07) is 4.99. The van der Waals surface area contributed by atoms with Crippen molar-refractivity contribution in [3.8, 4) is 11.1 Å². The first-order chi connectivity index (χ1) is 8.24.